The number of nitrogens with zero attached hydrogens (tertiary/aromatic N) is 1. The van der Waals surface area contributed by atoms with E-state index in [0.717, 1.165) is 16.0 Å². The number of amides is 1. The lowest BCUT2D eigenvalue weighted by atomic mass is 10.2. The Labute approximate surface area is 197 Å². The molecule has 0 aliphatic heterocycles. The average Bonchev–Trinajstić information content (AvgIpc) is 2.80. The number of hydrazone groups is 1. The molecule has 166 valence electrons. The van der Waals surface area contributed by atoms with Crippen molar-refractivity contribution in [2.45, 2.75) is 30.6 Å². The molecule has 0 spiro atoms. The number of carbonyl (C=O) groups excluding carboxylic acids is 1. The molecule has 0 fully saturated rings. The monoisotopic (exact) mass is 468 g/mol. The van der Waals surface area contributed by atoms with Gasteiger partial charge in [-0.2, -0.15) is 5.10 Å². The number of nitrogens with one attached hydrogen (secondary N) is 1. The predicted molar refractivity (Wildman–Crippen MR) is 131 cm³/mol. The van der Waals surface area contributed by atoms with E-state index in [0.29, 0.717) is 29.7 Å². The number of ether oxygens (including phenoxy) is 2. The van der Waals surface area contributed by atoms with Gasteiger partial charge in [0.1, 0.15) is 6.61 Å². The third kappa shape index (κ3) is 7.32. The summed E-state index contributed by atoms with van der Waals surface area (Å²) < 4.78 is 11.6. The molecule has 3 aromatic carbocycles. The Kier molecular flexibility index (Phi) is 9.01. The van der Waals surface area contributed by atoms with Crippen LogP contribution in [0.2, 0.25) is 5.02 Å². The summed E-state index contributed by atoms with van der Waals surface area (Å²) in [6.45, 7) is 4.67. The number of carbonyl (C=O) groups is 1. The number of hydrogen-bond donors (Lipinski definition) is 1. The third-order valence-electron chi connectivity index (χ3n) is 4.39. The van der Waals surface area contributed by atoms with Gasteiger partial charge in [-0.3, -0.25) is 4.79 Å². The van der Waals surface area contributed by atoms with E-state index in [-0.39, 0.29) is 11.2 Å². The number of benzene rings is 3. The minimum absolute atomic E-state index is 0.164. The molecule has 0 aliphatic rings. The number of rotatable bonds is 10. The molecular formula is C25H25ClN2O3S. The molecule has 3 aromatic rings. The SMILES string of the molecule is CCOc1cc(/C=N\NC(=O)[C@@H](C)Sc2ccccc2)ccc1OCc1ccc(Cl)cc1. The molecular weight excluding hydrogens is 444 g/mol. The lowest BCUT2D eigenvalue weighted by Gasteiger charge is -2.13. The first-order valence-electron chi connectivity index (χ1n) is 10.2. The molecule has 0 aromatic heterocycles. The highest BCUT2D eigenvalue weighted by Crippen LogP contribution is 2.29. The molecule has 32 heavy (non-hydrogen) atoms. The molecule has 0 unspecified atom stereocenters. The molecule has 0 aliphatic carbocycles. The van der Waals surface area contributed by atoms with Crippen LogP contribution in [0.3, 0.4) is 0 Å². The van der Waals surface area contributed by atoms with Crippen LogP contribution in [0, 0.1) is 0 Å². The van der Waals surface area contributed by atoms with Crippen LogP contribution in [0.1, 0.15) is 25.0 Å². The van der Waals surface area contributed by atoms with Crippen molar-refractivity contribution in [3.8, 4) is 11.5 Å². The van der Waals surface area contributed by atoms with E-state index in [1.54, 1.807) is 6.21 Å². The fourth-order valence-corrected chi connectivity index (χ4v) is 3.76. The quantitative estimate of drug-likeness (QED) is 0.227. The number of thioether (sulfide) groups is 1. The third-order valence-corrected chi connectivity index (χ3v) is 5.75. The number of halogens is 1. The zero-order chi connectivity index (χ0) is 22.8. The largest absolute Gasteiger partial charge is 0.490 e. The van der Waals surface area contributed by atoms with Crippen molar-refractivity contribution >= 4 is 35.5 Å². The Morgan fingerprint density at radius 2 is 1.81 bits per heavy atom. The Morgan fingerprint density at radius 3 is 2.53 bits per heavy atom. The fraction of sp³-hybridized carbons (Fsp3) is 0.200. The second-order valence-corrected chi connectivity index (χ2v) is 8.71. The molecule has 1 atom stereocenters. The summed E-state index contributed by atoms with van der Waals surface area (Å²) in [6.07, 6.45) is 1.59. The van der Waals surface area contributed by atoms with Crippen LogP contribution in [-0.4, -0.2) is 24.0 Å². The van der Waals surface area contributed by atoms with E-state index < -0.39 is 0 Å². The van der Waals surface area contributed by atoms with Crippen molar-refractivity contribution in [3.05, 3.63) is 88.9 Å². The van der Waals surface area contributed by atoms with Gasteiger partial charge < -0.3 is 9.47 Å². The Morgan fingerprint density at radius 1 is 1.06 bits per heavy atom. The molecule has 0 saturated carbocycles. The standard InChI is InChI=1S/C25H25ClN2O3S/c1-3-30-24-15-20(11-14-23(24)31-17-19-9-12-21(26)13-10-19)16-27-28-25(29)18(2)32-22-7-5-4-6-8-22/h4-16,18H,3,17H2,1-2H3,(H,28,29)/b27-16-/t18-/m1/s1. The van der Waals surface area contributed by atoms with Gasteiger partial charge in [0.05, 0.1) is 18.1 Å². The smallest absolute Gasteiger partial charge is 0.253 e. The number of hydrogen-bond acceptors (Lipinski definition) is 5. The van der Waals surface area contributed by atoms with E-state index in [4.69, 9.17) is 21.1 Å². The van der Waals surface area contributed by atoms with Gasteiger partial charge in [0.15, 0.2) is 11.5 Å². The highest BCUT2D eigenvalue weighted by atomic mass is 35.5. The molecule has 1 N–H and O–H groups in total. The van der Waals surface area contributed by atoms with Gasteiger partial charge in [0.2, 0.25) is 0 Å². The Bertz CT molecular complexity index is 1040. The van der Waals surface area contributed by atoms with Crippen molar-refractivity contribution in [2.24, 2.45) is 5.10 Å². The zero-order valence-corrected chi connectivity index (χ0v) is 19.5. The molecule has 0 radical (unpaired) electrons. The second kappa shape index (κ2) is 12.2. The van der Waals surface area contributed by atoms with E-state index in [2.05, 4.69) is 10.5 Å². The van der Waals surface area contributed by atoms with Crippen molar-refractivity contribution in [1.29, 1.82) is 0 Å². The summed E-state index contributed by atoms with van der Waals surface area (Å²) in [7, 11) is 0. The van der Waals surface area contributed by atoms with Gasteiger partial charge in [-0.1, -0.05) is 41.9 Å². The second-order valence-electron chi connectivity index (χ2n) is 6.86. The summed E-state index contributed by atoms with van der Waals surface area (Å²) in [6, 6.07) is 22.8. The summed E-state index contributed by atoms with van der Waals surface area (Å²) in [5.74, 6) is 1.09. The zero-order valence-electron chi connectivity index (χ0n) is 18.0. The van der Waals surface area contributed by atoms with Crippen LogP contribution in [-0.2, 0) is 11.4 Å². The van der Waals surface area contributed by atoms with Crippen molar-refractivity contribution in [3.63, 3.8) is 0 Å². The van der Waals surface area contributed by atoms with Crippen LogP contribution >= 0.6 is 23.4 Å². The molecule has 5 nitrogen and oxygen atoms in total. The van der Waals surface area contributed by atoms with Crippen molar-refractivity contribution < 1.29 is 14.3 Å². The Balaban J connectivity index is 1.58. The first-order chi connectivity index (χ1) is 15.5. The van der Waals surface area contributed by atoms with Crippen LogP contribution in [0.25, 0.3) is 0 Å². The molecule has 0 bridgehead atoms. The van der Waals surface area contributed by atoms with Gasteiger partial charge in [-0.25, -0.2) is 5.43 Å². The first-order valence-corrected chi connectivity index (χ1v) is 11.5. The Hall–Kier alpha value is -2.96. The van der Waals surface area contributed by atoms with Crippen molar-refractivity contribution in [1.82, 2.24) is 5.43 Å². The summed E-state index contributed by atoms with van der Waals surface area (Å²) in [4.78, 5) is 13.3. The van der Waals surface area contributed by atoms with Crippen molar-refractivity contribution in [2.75, 3.05) is 6.61 Å². The van der Waals surface area contributed by atoms with Gasteiger partial charge in [-0.15, -0.1) is 11.8 Å². The molecule has 1 amide bonds. The van der Waals surface area contributed by atoms with E-state index >= 15 is 0 Å². The van der Waals surface area contributed by atoms with E-state index in [9.17, 15) is 4.79 Å². The maximum Gasteiger partial charge on any atom is 0.253 e. The fourth-order valence-electron chi connectivity index (χ4n) is 2.75. The van der Waals surface area contributed by atoms with Crippen LogP contribution in [0.4, 0.5) is 0 Å². The topological polar surface area (TPSA) is 59.9 Å². The first kappa shape index (κ1) is 23.7. The van der Waals surface area contributed by atoms with E-state index in [1.807, 2.05) is 86.6 Å². The van der Waals surface area contributed by atoms with Gasteiger partial charge >= 0.3 is 0 Å². The van der Waals surface area contributed by atoms with Gasteiger partial charge in [-0.05, 0) is 67.4 Å². The maximum atomic E-state index is 12.3. The summed E-state index contributed by atoms with van der Waals surface area (Å²) in [5.41, 5.74) is 4.39. The minimum atomic E-state index is -0.267. The molecule has 7 heteroatoms. The predicted octanol–water partition coefficient (Wildman–Crippen LogP) is 5.95. The maximum absolute atomic E-state index is 12.3. The average molecular weight is 469 g/mol. The lowest BCUT2D eigenvalue weighted by Crippen LogP contribution is -2.26. The molecule has 0 saturated heterocycles. The molecule has 0 heterocycles. The molecule has 3 rings (SSSR count). The van der Waals surface area contributed by atoms with Gasteiger partial charge in [0, 0.05) is 9.92 Å². The summed E-state index contributed by atoms with van der Waals surface area (Å²) >= 11 is 7.41. The lowest BCUT2D eigenvalue weighted by molar-refractivity contribution is -0.120. The highest BCUT2D eigenvalue weighted by Gasteiger charge is 2.13. The van der Waals surface area contributed by atoms with Crippen LogP contribution in [0.15, 0.2) is 82.8 Å². The van der Waals surface area contributed by atoms with Gasteiger partial charge in [0.25, 0.3) is 5.91 Å². The van der Waals surface area contributed by atoms with Crippen LogP contribution in [0.5, 0.6) is 11.5 Å². The van der Waals surface area contributed by atoms with E-state index in [1.165, 1.54) is 11.8 Å². The normalized spacial score (nSPS) is 11.8. The minimum Gasteiger partial charge on any atom is -0.490 e. The highest BCUT2D eigenvalue weighted by molar-refractivity contribution is 8.00. The van der Waals surface area contributed by atoms with Crippen LogP contribution < -0.4 is 14.9 Å². The summed E-state index contributed by atoms with van der Waals surface area (Å²) in [5, 5.41) is 4.51.